The second-order valence-electron chi connectivity index (χ2n) is 6.17. The lowest BCUT2D eigenvalue weighted by Gasteiger charge is -2.27. The monoisotopic (exact) mass is 239 g/mol. The SMILES string of the molecule is CCCCCCC(C)NC1C(C)CCC1CC. The lowest BCUT2D eigenvalue weighted by Crippen LogP contribution is -2.42. The summed E-state index contributed by atoms with van der Waals surface area (Å²) in [5.74, 6) is 1.82. The molecular formula is C16H33N. The maximum Gasteiger partial charge on any atom is 0.0123 e. The van der Waals surface area contributed by atoms with Gasteiger partial charge in [0.1, 0.15) is 0 Å². The summed E-state index contributed by atoms with van der Waals surface area (Å²) in [6.45, 7) is 9.44. The molecule has 102 valence electrons. The highest BCUT2D eigenvalue weighted by atomic mass is 15.0. The predicted octanol–water partition coefficient (Wildman–Crippen LogP) is 4.76. The molecule has 1 fully saturated rings. The van der Waals surface area contributed by atoms with Gasteiger partial charge in [0.2, 0.25) is 0 Å². The van der Waals surface area contributed by atoms with Crippen LogP contribution in [0.15, 0.2) is 0 Å². The molecule has 0 radical (unpaired) electrons. The summed E-state index contributed by atoms with van der Waals surface area (Å²) in [5.41, 5.74) is 0. The minimum Gasteiger partial charge on any atom is -0.311 e. The molecule has 0 aliphatic heterocycles. The molecule has 0 saturated heterocycles. The molecule has 1 nitrogen and oxygen atoms in total. The average Bonchev–Trinajstić information content (AvgIpc) is 2.66. The standard InChI is InChI=1S/C16H33N/c1-5-7-8-9-10-14(4)17-16-13(3)11-12-15(16)6-2/h13-17H,5-12H2,1-4H3. The van der Waals surface area contributed by atoms with Crippen molar-refractivity contribution in [1.82, 2.24) is 5.32 Å². The third kappa shape index (κ3) is 4.99. The van der Waals surface area contributed by atoms with Gasteiger partial charge in [-0.15, -0.1) is 0 Å². The Hall–Kier alpha value is -0.0400. The van der Waals surface area contributed by atoms with Crippen LogP contribution in [0.2, 0.25) is 0 Å². The normalized spacial score (nSPS) is 30.7. The summed E-state index contributed by atoms with van der Waals surface area (Å²) < 4.78 is 0. The summed E-state index contributed by atoms with van der Waals surface area (Å²) in [6, 6.07) is 1.51. The van der Waals surface area contributed by atoms with Crippen molar-refractivity contribution in [1.29, 1.82) is 0 Å². The molecule has 0 amide bonds. The highest BCUT2D eigenvalue weighted by molar-refractivity contribution is 4.88. The van der Waals surface area contributed by atoms with Crippen LogP contribution in [-0.2, 0) is 0 Å². The number of hydrogen-bond acceptors (Lipinski definition) is 1. The van der Waals surface area contributed by atoms with Gasteiger partial charge < -0.3 is 5.32 Å². The van der Waals surface area contributed by atoms with Gasteiger partial charge in [-0.3, -0.25) is 0 Å². The third-order valence-corrected chi connectivity index (χ3v) is 4.61. The van der Waals surface area contributed by atoms with E-state index in [1.807, 2.05) is 0 Å². The zero-order chi connectivity index (χ0) is 12.7. The molecule has 0 spiro atoms. The fourth-order valence-electron chi connectivity index (χ4n) is 3.35. The van der Waals surface area contributed by atoms with E-state index in [-0.39, 0.29) is 0 Å². The Bertz CT molecular complexity index is 190. The van der Waals surface area contributed by atoms with E-state index >= 15 is 0 Å². The van der Waals surface area contributed by atoms with Gasteiger partial charge in [-0.05, 0) is 38.0 Å². The van der Waals surface area contributed by atoms with E-state index in [1.54, 1.807) is 0 Å². The van der Waals surface area contributed by atoms with Crippen molar-refractivity contribution in [2.24, 2.45) is 11.8 Å². The van der Waals surface area contributed by atoms with Crippen molar-refractivity contribution in [3.63, 3.8) is 0 Å². The van der Waals surface area contributed by atoms with Crippen LogP contribution in [0.5, 0.6) is 0 Å². The Labute approximate surface area is 109 Å². The Morgan fingerprint density at radius 1 is 1.12 bits per heavy atom. The van der Waals surface area contributed by atoms with Crippen LogP contribution >= 0.6 is 0 Å². The smallest absolute Gasteiger partial charge is 0.0123 e. The number of nitrogens with one attached hydrogen (secondary N) is 1. The fraction of sp³-hybridized carbons (Fsp3) is 1.00. The van der Waals surface area contributed by atoms with E-state index < -0.39 is 0 Å². The zero-order valence-electron chi connectivity index (χ0n) is 12.5. The highest BCUT2D eigenvalue weighted by Crippen LogP contribution is 2.33. The molecule has 1 aliphatic rings. The Morgan fingerprint density at radius 3 is 2.53 bits per heavy atom. The van der Waals surface area contributed by atoms with Gasteiger partial charge in [0, 0.05) is 12.1 Å². The molecule has 1 rings (SSSR count). The van der Waals surface area contributed by atoms with Crippen molar-refractivity contribution in [3.05, 3.63) is 0 Å². The Morgan fingerprint density at radius 2 is 1.88 bits per heavy atom. The first-order chi connectivity index (χ1) is 8.19. The van der Waals surface area contributed by atoms with E-state index in [1.165, 1.54) is 51.4 Å². The summed E-state index contributed by atoms with van der Waals surface area (Å²) in [7, 11) is 0. The fourth-order valence-corrected chi connectivity index (χ4v) is 3.35. The number of unbranched alkanes of at least 4 members (excludes halogenated alkanes) is 3. The second-order valence-corrected chi connectivity index (χ2v) is 6.17. The van der Waals surface area contributed by atoms with Gasteiger partial charge in [0.05, 0.1) is 0 Å². The quantitative estimate of drug-likeness (QED) is 0.602. The van der Waals surface area contributed by atoms with Crippen molar-refractivity contribution in [2.45, 2.75) is 91.1 Å². The molecule has 1 N–H and O–H groups in total. The average molecular weight is 239 g/mol. The van der Waals surface area contributed by atoms with Crippen molar-refractivity contribution in [3.8, 4) is 0 Å². The van der Waals surface area contributed by atoms with Gasteiger partial charge in [0.25, 0.3) is 0 Å². The van der Waals surface area contributed by atoms with E-state index in [4.69, 9.17) is 0 Å². The molecule has 4 atom stereocenters. The van der Waals surface area contributed by atoms with E-state index in [9.17, 15) is 0 Å². The largest absolute Gasteiger partial charge is 0.311 e. The van der Waals surface area contributed by atoms with E-state index in [0.29, 0.717) is 6.04 Å². The van der Waals surface area contributed by atoms with E-state index in [2.05, 4.69) is 33.0 Å². The van der Waals surface area contributed by atoms with Crippen LogP contribution in [0.25, 0.3) is 0 Å². The first kappa shape index (κ1) is 15.0. The molecule has 1 aliphatic carbocycles. The van der Waals surface area contributed by atoms with Crippen LogP contribution < -0.4 is 5.32 Å². The highest BCUT2D eigenvalue weighted by Gasteiger charge is 2.32. The molecule has 0 aromatic carbocycles. The third-order valence-electron chi connectivity index (χ3n) is 4.61. The first-order valence-corrected chi connectivity index (χ1v) is 7.95. The summed E-state index contributed by atoms with van der Waals surface area (Å²) >= 11 is 0. The second kappa shape index (κ2) is 8.13. The van der Waals surface area contributed by atoms with Gasteiger partial charge in [-0.1, -0.05) is 52.9 Å². The number of hydrogen-bond donors (Lipinski definition) is 1. The number of rotatable bonds is 8. The van der Waals surface area contributed by atoms with Gasteiger partial charge in [-0.2, -0.15) is 0 Å². The summed E-state index contributed by atoms with van der Waals surface area (Å²) in [6.07, 6.45) is 11.2. The minimum absolute atomic E-state index is 0.714. The minimum atomic E-state index is 0.714. The topological polar surface area (TPSA) is 12.0 Å². The van der Waals surface area contributed by atoms with Crippen LogP contribution in [0.1, 0.15) is 79.1 Å². The van der Waals surface area contributed by atoms with Crippen molar-refractivity contribution < 1.29 is 0 Å². The first-order valence-electron chi connectivity index (χ1n) is 7.95. The molecule has 0 aromatic heterocycles. The van der Waals surface area contributed by atoms with Crippen molar-refractivity contribution in [2.75, 3.05) is 0 Å². The lowest BCUT2D eigenvalue weighted by molar-refractivity contribution is 0.303. The summed E-state index contributed by atoms with van der Waals surface area (Å²) in [5, 5.41) is 3.91. The van der Waals surface area contributed by atoms with Crippen LogP contribution in [0.3, 0.4) is 0 Å². The molecule has 0 aromatic rings. The molecular weight excluding hydrogens is 206 g/mol. The van der Waals surface area contributed by atoms with Crippen LogP contribution in [0, 0.1) is 11.8 Å². The van der Waals surface area contributed by atoms with Crippen LogP contribution in [0.4, 0.5) is 0 Å². The maximum atomic E-state index is 3.91. The molecule has 0 bridgehead atoms. The molecule has 0 heterocycles. The molecule has 1 heteroatoms. The molecule has 1 saturated carbocycles. The lowest BCUT2D eigenvalue weighted by atomic mass is 9.95. The van der Waals surface area contributed by atoms with Gasteiger partial charge >= 0.3 is 0 Å². The molecule has 4 unspecified atom stereocenters. The zero-order valence-corrected chi connectivity index (χ0v) is 12.5. The predicted molar refractivity (Wildman–Crippen MR) is 77.3 cm³/mol. The van der Waals surface area contributed by atoms with Crippen LogP contribution in [-0.4, -0.2) is 12.1 Å². The Balaban J connectivity index is 2.22. The Kier molecular flexibility index (Phi) is 7.18. The molecule has 17 heavy (non-hydrogen) atoms. The van der Waals surface area contributed by atoms with E-state index in [0.717, 1.165) is 17.9 Å². The van der Waals surface area contributed by atoms with Gasteiger partial charge in [-0.25, -0.2) is 0 Å². The maximum absolute atomic E-state index is 3.91. The van der Waals surface area contributed by atoms with Crippen molar-refractivity contribution >= 4 is 0 Å². The summed E-state index contributed by atoms with van der Waals surface area (Å²) in [4.78, 5) is 0. The van der Waals surface area contributed by atoms with Gasteiger partial charge in [0.15, 0.2) is 0 Å².